The molecule has 0 heterocycles. The maximum atomic E-state index is 5.67. The molecular formula is C7H8ClNS. The number of hydrogen-bond acceptors (Lipinski definition) is 2. The van der Waals surface area contributed by atoms with E-state index in [-0.39, 0.29) is 0 Å². The van der Waals surface area contributed by atoms with E-state index in [2.05, 4.69) is 0 Å². The fraction of sp³-hybridized carbons (Fsp3) is 0.143. The second-order valence-corrected chi connectivity index (χ2v) is 3.00. The summed E-state index contributed by atoms with van der Waals surface area (Å²) in [6.45, 7) is 0. The van der Waals surface area contributed by atoms with Crippen LogP contribution in [0.5, 0.6) is 0 Å². The van der Waals surface area contributed by atoms with Gasteiger partial charge in [-0.3, -0.25) is 5.14 Å². The molecule has 0 spiro atoms. The van der Waals surface area contributed by atoms with Crippen LogP contribution < -0.4 is 5.14 Å². The average Bonchev–Trinajstić information content (AvgIpc) is 1.95. The van der Waals surface area contributed by atoms with Gasteiger partial charge >= 0.3 is 0 Å². The Morgan fingerprint density at radius 1 is 1.30 bits per heavy atom. The molecule has 0 atom stereocenters. The average molecular weight is 174 g/mol. The Morgan fingerprint density at radius 2 is 1.90 bits per heavy atom. The summed E-state index contributed by atoms with van der Waals surface area (Å²) < 4.78 is 0. The van der Waals surface area contributed by atoms with E-state index in [1.165, 1.54) is 17.5 Å². The first-order valence-electron chi connectivity index (χ1n) is 2.89. The van der Waals surface area contributed by atoms with Crippen molar-refractivity contribution in [2.45, 2.75) is 5.75 Å². The standard InChI is InChI=1S/C7H8ClNS/c8-7-3-1-6(2-4-7)5-10-9/h1-4H,5,9H2. The molecular weight excluding hydrogens is 166 g/mol. The third-order valence-electron chi connectivity index (χ3n) is 1.16. The van der Waals surface area contributed by atoms with Gasteiger partial charge in [0.2, 0.25) is 0 Å². The minimum Gasteiger partial charge on any atom is -0.278 e. The van der Waals surface area contributed by atoms with E-state index in [0.29, 0.717) is 0 Å². The Bertz CT molecular complexity index is 197. The van der Waals surface area contributed by atoms with Crippen LogP contribution in [0.4, 0.5) is 0 Å². The first-order valence-corrected chi connectivity index (χ1v) is 4.31. The van der Waals surface area contributed by atoms with Crippen molar-refractivity contribution in [3.8, 4) is 0 Å². The molecule has 1 nitrogen and oxygen atoms in total. The van der Waals surface area contributed by atoms with Crippen molar-refractivity contribution in [3.05, 3.63) is 34.9 Å². The van der Waals surface area contributed by atoms with Crippen molar-refractivity contribution < 1.29 is 0 Å². The normalized spacial score (nSPS) is 9.80. The second-order valence-electron chi connectivity index (χ2n) is 1.94. The van der Waals surface area contributed by atoms with Crippen molar-refractivity contribution in [2.24, 2.45) is 5.14 Å². The van der Waals surface area contributed by atoms with Crippen LogP contribution in [-0.2, 0) is 5.75 Å². The molecule has 0 fully saturated rings. The monoisotopic (exact) mass is 173 g/mol. The minimum absolute atomic E-state index is 0.769. The van der Waals surface area contributed by atoms with Gasteiger partial charge in [0.1, 0.15) is 0 Å². The summed E-state index contributed by atoms with van der Waals surface area (Å²) >= 11 is 6.99. The second kappa shape index (κ2) is 3.86. The summed E-state index contributed by atoms with van der Waals surface area (Å²) in [5, 5.41) is 6.05. The van der Waals surface area contributed by atoms with Crippen LogP contribution in [0.2, 0.25) is 5.02 Å². The fourth-order valence-corrected chi connectivity index (χ4v) is 1.19. The summed E-state index contributed by atoms with van der Waals surface area (Å²) in [7, 11) is 0. The number of nitrogens with two attached hydrogens (primary N) is 1. The van der Waals surface area contributed by atoms with Crippen LogP contribution in [0, 0.1) is 0 Å². The Hall–Kier alpha value is -0.180. The van der Waals surface area contributed by atoms with Gasteiger partial charge in [0.25, 0.3) is 0 Å². The molecule has 0 aromatic heterocycles. The van der Waals surface area contributed by atoms with Gasteiger partial charge in [-0.2, -0.15) is 0 Å². The van der Waals surface area contributed by atoms with Crippen LogP contribution in [0.15, 0.2) is 24.3 Å². The molecule has 10 heavy (non-hydrogen) atoms. The van der Waals surface area contributed by atoms with Crippen molar-refractivity contribution in [2.75, 3.05) is 0 Å². The van der Waals surface area contributed by atoms with Crippen LogP contribution in [-0.4, -0.2) is 0 Å². The zero-order valence-electron chi connectivity index (χ0n) is 5.38. The zero-order chi connectivity index (χ0) is 7.40. The highest BCUT2D eigenvalue weighted by Crippen LogP contribution is 2.11. The van der Waals surface area contributed by atoms with E-state index >= 15 is 0 Å². The molecule has 0 aliphatic heterocycles. The lowest BCUT2D eigenvalue weighted by Gasteiger charge is -1.95. The molecule has 0 unspecified atom stereocenters. The highest BCUT2D eigenvalue weighted by atomic mass is 35.5. The Kier molecular flexibility index (Phi) is 3.06. The van der Waals surface area contributed by atoms with E-state index in [9.17, 15) is 0 Å². The minimum atomic E-state index is 0.769. The summed E-state index contributed by atoms with van der Waals surface area (Å²) in [6, 6.07) is 7.69. The molecule has 0 radical (unpaired) electrons. The van der Waals surface area contributed by atoms with E-state index in [0.717, 1.165) is 10.8 Å². The predicted octanol–water partition coefficient (Wildman–Crippen LogP) is 2.45. The zero-order valence-corrected chi connectivity index (χ0v) is 6.95. The molecule has 0 saturated carbocycles. The van der Waals surface area contributed by atoms with E-state index in [4.69, 9.17) is 16.7 Å². The summed E-state index contributed by atoms with van der Waals surface area (Å²) in [4.78, 5) is 0. The smallest absolute Gasteiger partial charge is 0.0406 e. The van der Waals surface area contributed by atoms with Crippen molar-refractivity contribution in [1.29, 1.82) is 0 Å². The maximum absolute atomic E-state index is 5.67. The van der Waals surface area contributed by atoms with Gasteiger partial charge in [0.05, 0.1) is 0 Å². The molecule has 1 aromatic carbocycles. The van der Waals surface area contributed by atoms with Gasteiger partial charge < -0.3 is 0 Å². The lowest BCUT2D eigenvalue weighted by molar-refractivity contribution is 1.41. The number of rotatable bonds is 2. The molecule has 0 aliphatic rings. The first kappa shape index (κ1) is 7.92. The van der Waals surface area contributed by atoms with E-state index < -0.39 is 0 Å². The predicted molar refractivity (Wildman–Crippen MR) is 46.9 cm³/mol. The van der Waals surface area contributed by atoms with Gasteiger partial charge in [-0.15, -0.1) is 0 Å². The highest BCUT2D eigenvalue weighted by molar-refractivity contribution is 7.96. The fourth-order valence-electron chi connectivity index (χ4n) is 0.677. The third-order valence-corrected chi connectivity index (χ3v) is 1.92. The molecule has 1 rings (SSSR count). The SMILES string of the molecule is NSCc1ccc(Cl)cc1. The van der Waals surface area contributed by atoms with E-state index in [1.54, 1.807) is 0 Å². The molecule has 0 aliphatic carbocycles. The van der Waals surface area contributed by atoms with Gasteiger partial charge in [0.15, 0.2) is 0 Å². The molecule has 2 N–H and O–H groups in total. The first-order chi connectivity index (χ1) is 4.83. The lowest BCUT2D eigenvalue weighted by atomic mass is 10.2. The Morgan fingerprint density at radius 3 is 2.40 bits per heavy atom. The van der Waals surface area contributed by atoms with Crippen LogP contribution in [0.25, 0.3) is 0 Å². The number of hydrogen-bond donors (Lipinski definition) is 1. The molecule has 54 valence electrons. The van der Waals surface area contributed by atoms with E-state index in [1.807, 2.05) is 24.3 Å². The van der Waals surface area contributed by atoms with Gasteiger partial charge in [-0.1, -0.05) is 35.7 Å². The third kappa shape index (κ3) is 2.21. The van der Waals surface area contributed by atoms with Gasteiger partial charge in [-0.25, -0.2) is 0 Å². The number of benzene rings is 1. The maximum Gasteiger partial charge on any atom is 0.0406 e. The summed E-state index contributed by atoms with van der Waals surface area (Å²) in [5.74, 6) is 0.844. The molecule has 0 amide bonds. The molecule has 0 bridgehead atoms. The summed E-state index contributed by atoms with van der Waals surface area (Å²) in [5.41, 5.74) is 1.21. The van der Waals surface area contributed by atoms with Gasteiger partial charge in [0, 0.05) is 10.8 Å². The largest absolute Gasteiger partial charge is 0.278 e. The van der Waals surface area contributed by atoms with Crippen molar-refractivity contribution >= 4 is 23.5 Å². The quantitative estimate of drug-likeness (QED) is 0.696. The topological polar surface area (TPSA) is 26.0 Å². The highest BCUT2D eigenvalue weighted by Gasteiger charge is 1.89. The lowest BCUT2D eigenvalue weighted by Crippen LogP contribution is -1.83. The van der Waals surface area contributed by atoms with Crippen molar-refractivity contribution in [1.82, 2.24) is 0 Å². The van der Waals surface area contributed by atoms with Crippen LogP contribution >= 0.6 is 23.5 Å². The molecule has 0 saturated heterocycles. The van der Waals surface area contributed by atoms with Gasteiger partial charge in [-0.05, 0) is 17.7 Å². The summed E-state index contributed by atoms with van der Waals surface area (Å²) in [6.07, 6.45) is 0. The van der Waals surface area contributed by atoms with Crippen molar-refractivity contribution in [3.63, 3.8) is 0 Å². The van der Waals surface area contributed by atoms with Crippen LogP contribution in [0.3, 0.4) is 0 Å². The Labute approximate surface area is 69.7 Å². The molecule has 3 heteroatoms. The number of halogens is 1. The van der Waals surface area contributed by atoms with Crippen LogP contribution in [0.1, 0.15) is 5.56 Å². The Balaban J connectivity index is 2.69. The molecule has 1 aromatic rings.